The highest BCUT2D eigenvalue weighted by Gasteiger charge is 2.31. The molecule has 1 unspecified atom stereocenters. The summed E-state index contributed by atoms with van der Waals surface area (Å²) < 4.78 is 5.59. The van der Waals surface area contributed by atoms with Gasteiger partial charge in [-0.05, 0) is 37.1 Å². The number of amides is 2. The molecule has 1 aliphatic heterocycles. The average Bonchev–Trinajstić information content (AvgIpc) is 3.00. The standard InChI is InChI=1S/C19H19N3O5S/c1-12(14-4-7-17(23)20-11-14)22-27-9-8-26-15-5-2-13(3-6-15)10-16-18(24)21-19(25)28-16/h2-7,11,16H,8-10H2,1H3,(H,20,23)(H,21,24,25). The highest BCUT2D eigenvalue weighted by Crippen LogP contribution is 2.23. The van der Waals surface area contributed by atoms with Crippen LogP contribution < -0.4 is 10.1 Å². The van der Waals surface area contributed by atoms with E-state index in [1.807, 2.05) is 24.3 Å². The van der Waals surface area contributed by atoms with Gasteiger partial charge in [0.2, 0.25) is 11.8 Å². The predicted molar refractivity (Wildman–Crippen MR) is 105 cm³/mol. The Balaban J connectivity index is 1.40. The van der Waals surface area contributed by atoms with E-state index in [-0.39, 0.29) is 28.9 Å². The molecule has 0 aliphatic carbocycles. The lowest BCUT2D eigenvalue weighted by Crippen LogP contribution is -2.25. The zero-order valence-corrected chi connectivity index (χ0v) is 15.9. The number of imide groups is 1. The number of benzene rings is 1. The maximum absolute atomic E-state index is 11.6. The Labute approximate surface area is 165 Å². The van der Waals surface area contributed by atoms with Crippen molar-refractivity contribution >= 4 is 28.6 Å². The third-order valence-electron chi connectivity index (χ3n) is 3.92. The van der Waals surface area contributed by atoms with Gasteiger partial charge in [-0.15, -0.1) is 0 Å². The van der Waals surface area contributed by atoms with Gasteiger partial charge in [0.15, 0.2) is 6.61 Å². The van der Waals surface area contributed by atoms with Crippen LogP contribution in [0.4, 0.5) is 4.79 Å². The number of hydrogen-bond donors (Lipinski definition) is 2. The van der Waals surface area contributed by atoms with Crippen molar-refractivity contribution in [2.24, 2.45) is 5.16 Å². The van der Waals surface area contributed by atoms with Gasteiger partial charge < -0.3 is 14.7 Å². The van der Waals surface area contributed by atoms with E-state index < -0.39 is 0 Å². The van der Waals surface area contributed by atoms with Crippen molar-refractivity contribution in [3.05, 3.63) is 53.7 Å². The van der Waals surface area contributed by atoms with E-state index in [0.717, 1.165) is 22.9 Å². The fourth-order valence-electron chi connectivity index (χ4n) is 2.46. The molecule has 8 nitrogen and oxygen atoms in total. The van der Waals surface area contributed by atoms with E-state index in [1.54, 1.807) is 13.0 Å². The number of carbonyl (C=O) groups excluding carboxylic acids is 2. The lowest BCUT2D eigenvalue weighted by Gasteiger charge is -2.08. The summed E-state index contributed by atoms with van der Waals surface area (Å²) in [5.41, 5.74) is 2.35. The van der Waals surface area contributed by atoms with Crippen molar-refractivity contribution in [1.82, 2.24) is 10.3 Å². The highest BCUT2D eigenvalue weighted by molar-refractivity contribution is 8.15. The van der Waals surface area contributed by atoms with Gasteiger partial charge in [-0.25, -0.2) is 4.98 Å². The van der Waals surface area contributed by atoms with Crippen LogP contribution in [0.5, 0.6) is 11.6 Å². The second kappa shape index (κ2) is 9.23. The number of aromatic hydroxyl groups is 1. The topological polar surface area (TPSA) is 110 Å². The molecule has 1 atom stereocenters. The van der Waals surface area contributed by atoms with Crippen molar-refractivity contribution < 1.29 is 24.3 Å². The summed E-state index contributed by atoms with van der Waals surface area (Å²) in [6.45, 7) is 2.37. The number of carbonyl (C=O) groups is 2. The third kappa shape index (κ3) is 5.46. The Morgan fingerprint density at radius 3 is 2.64 bits per heavy atom. The number of thioether (sulfide) groups is 1. The molecule has 1 aromatic heterocycles. The molecule has 146 valence electrons. The third-order valence-corrected chi connectivity index (χ3v) is 4.90. The first-order chi connectivity index (χ1) is 13.5. The Kier molecular flexibility index (Phi) is 6.49. The molecule has 1 aromatic carbocycles. The Morgan fingerprint density at radius 1 is 1.21 bits per heavy atom. The van der Waals surface area contributed by atoms with Crippen LogP contribution in [0, 0.1) is 0 Å². The molecule has 0 saturated carbocycles. The quantitative estimate of drug-likeness (QED) is 0.397. The largest absolute Gasteiger partial charge is 0.493 e. The molecule has 1 saturated heterocycles. The molecule has 0 spiro atoms. The van der Waals surface area contributed by atoms with Gasteiger partial charge in [0.1, 0.15) is 12.4 Å². The molecule has 28 heavy (non-hydrogen) atoms. The second-order valence-corrected chi connectivity index (χ2v) is 7.17. The summed E-state index contributed by atoms with van der Waals surface area (Å²) in [5, 5.41) is 14.8. The summed E-state index contributed by atoms with van der Waals surface area (Å²) in [5.74, 6) is 0.387. The van der Waals surface area contributed by atoms with Gasteiger partial charge >= 0.3 is 0 Å². The molecule has 0 bridgehead atoms. The summed E-state index contributed by atoms with van der Waals surface area (Å²) in [6, 6.07) is 10.5. The van der Waals surface area contributed by atoms with E-state index in [4.69, 9.17) is 9.57 Å². The Bertz CT molecular complexity index is 868. The number of pyridine rings is 1. The number of nitrogens with one attached hydrogen (secondary N) is 1. The van der Waals surface area contributed by atoms with Crippen LogP contribution in [-0.4, -0.2) is 45.4 Å². The zero-order chi connectivity index (χ0) is 19.9. The lowest BCUT2D eigenvalue weighted by atomic mass is 10.1. The number of ether oxygens (including phenoxy) is 1. The molecule has 1 aliphatic rings. The van der Waals surface area contributed by atoms with E-state index in [2.05, 4.69) is 15.5 Å². The van der Waals surface area contributed by atoms with E-state index in [0.29, 0.717) is 24.5 Å². The monoisotopic (exact) mass is 401 g/mol. The van der Waals surface area contributed by atoms with Crippen LogP contribution in [0.15, 0.2) is 47.8 Å². The number of nitrogens with zero attached hydrogens (tertiary/aromatic N) is 2. The number of oxime groups is 1. The molecule has 0 radical (unpaired) electrons. The van der Waals surface area contributed by atoms with Crippen molar-refractivity contribution in [2.75, 3.05) is 13.2 Å². The summed E-state index contributed by atoms with van der Waals surface area (Å²) >= 11 is 1.02. The summed E-state index contributed by atoms with van der Waals surface area (Å²) in [7, 11) is 0. The molecular formula is C19H19N3O5S. The van der Waals surface area contributed by atoms with Crippen LogP contribution in [0.2, 0.25) is 0 Å². The van der Waals surface area contributed by atoms with Crippen LogP contribution in [0.25, 0.3) is 0 Å². The van der Waals surface area contributed by atoms with E-state index >= 15 is 0 Å². The lowest BCUT2D eigenvalue weighted by molar-refractivity contribution is -0.118. The van der Waals surface area contributed by atoms with Gasteiger partial charge in [-0.1, -0.05) is 29.1 Å². The fourth-order valence-corrected chi connectivity index (χ4v) is 3.32. The second-order valence-electron chi connectivity index (χ2n) is 5.99. The van der Waals surface area contributed by atoms with Gasteiger partial charge in [0.25, 0.3) is 5.24 Å². The molecule has 2 N–H and O–H groups in total. The van der Waals surface area contributed by atoms with E-state index in [9.17, 15) is 14.7 Å². The predicted octanol–water partition coefficient (Wildman–Crippen LogP) is 2.50. The van der Waals surface area contributed by atoms with Crippen LogP contribution in [-0.2, 0) is 16.1 Å². The normalized spacial score (nSPS) is 16.8. The number of aromatic nitrogens is 1. The molecule has 9 heteroatoms. The van der Waals surface area contributed by atoms with Gasteiger partial charge in [0, 0.05) is 17.8 Å². The fraction of sp³-hybridized carbons (Fsp3) is 0.263. The molecule has 3 rings (SSSR count). The molecule has 2 amide bonds. The van der Waals surface area contributed by atoms with Crippen molar-refractivity contribution in [3.63, 3.8) is 0 Å². The van der Waals surface area contributed by atoms with Gasteiger partial charge in [0.05, 0.1) is 11.0 Å². The first-order valence-electron chi connectivity index (χ1n) is 8.56. The minimum Gasteiger partial charge on any atom is -0.493 e. The number of hydrogen-bond acceptors (Lipinski definition) is 8. The zero-order valence-electron chi connectivity index (χ0n) is 15.1. The SMILES string of the molecule is CC(=NOCCOc1ccc(CC2SC(=O)NC2=O)cc1)c1ccc(O)nc1. The van der Waals surface area contributed by atoms with Crippen molar-refractivity contribution in [1.29, 1.82) is 0 Å². The van der Waals surface area contributed by atoms with Gasteiger partial charge in [-0.2, -0.15) is 0 Å². The summed E-state index contributed by atoms with van der Waals surface area (Å²) in [6.07, 6.45) is 2.00. The van der Waals surface area contributed by atoms with Crippen molar-refractivity contribution in [2.45, 2.75) is 18.6 Å². The molecule has 2 heterocycles. The van der Waals surface area contributed by atoms with Crippen LogP contribution in [0.1, 0.15) is 18.1 Å². The highest BCUT2D eigenvalue weighted by atomic mass is 32.2. The molecule has 1 fully saturated rings. The Morgan fingerprint density at radius 2 is 2.00 bits per heavy atom. The first-order valence-corrected chi connectivity index (χ1v) is 9.44. The minimum absolute atomic E-state index is 0.0457. The maximum atomic E-state index is 11.6. The average molecular weight is 401 g/mol. The summed E-state index contributed by atoms with van der Waals surface area (Å²) in [4.78, 5) is 31.8. The van der Waals surface area contributed by atoms with Crippen LogP contribution >= 0.6 is 11.8 Å². The number of rotatable bonds is 8. The van der Waals surface area contributed by atoms with Crippen LogP contribution in [0.3, 0.4) is 0 Å². The van der Waals surface area contributed by atoms with E-state index in [1.165, 1.54) is 12.3 Å². The maximum Gasteiger partial charge on any atom is 0.286 e. The smallest absolute Gasteiger partial charge is 0.286 e. The molecular weight excluding hydrogens is 382 g/mol. The molecule has 2 aromatic rings. The Hall–Kier alpha value is -3.07. The van der Waals surface area contributed by atoms with Crippen molar-refractivity contribution in [3.8, 4) is 11.6 Å². The minimum atomic E-state index is -0.377. The van der Waals surface area contributed by atoms with Gasteiger partial charge in [-0.3, -0.25) is 14.9 Å². The first kappa shape index (κ1) is 19.7.